The minimum atomic E-state index is -1.17. The highest BCUT2D eigenvalue weighted by Gasteiger charge is 2.12. The molecule has 78 valence electrons. The SMILES string of the molecule is CC(C(=O)O)=C(C)C(=O)NCC(N)=O. The fourth-order valence-corrected chi connectivity index (χ4v) is 0.631. The Bertz CT molecular complexity index is 306. The van der Waals surface area contributed by atoms with E-state index in [1.165, 1.54) is 13.8 Å². The predicted molar refractivity (Wildman–Crippen MR) is 48.2 cm³/mol. The van der Waals surface area contributed by atoms with Crippen LogP contribution in [0, 0.1) is 0 Å². The first-order chi connectivity index (χ1) is 6.36. The molecule has 0 saturated carbocycles. The number of aliphatic carboxylic acids is 1. The van der Waals surface area contributed by atoms with Crippen molar-refractivity contribution in [3.05, 3.63) is 11.1 Å². The molecule has 2 amide bonds. The minimum Gasteiger partial charge on any atom is -0.478 e. The smallest absolute Gasteiger partial charge is 0.331 e. The van der Waals surface area contributed by atoms with Crippen molar-refractivity contribution in [2.75, 3.05) is 6.54 Å². The van der Waals surface area contributed by atoms with Gasteiger partial charge in [-0.1, -0.05) is 0 Å². The molecule has 6 heteroatoms. The van der Waals surface area contributed by atoms with Gasteiger partial charge in [-0.05, 0) is 13.8 Å². The van der Waals surface area contributed by atoms with Gasteiger partial charge in [0.2, 0.25) is 11.8 Å². The van der Waals surface area contributed by atoms with Gasteiger partial charge in [0.05, 0.1) is 6.54 Å². The quantitative estimate of drug-likeness (QED) is 0.506. The second-order valence-corrected chi connectivity index (χ2v) is 2.70. The summed E-state index contributed by atoms with van der Waals surface area (Å²) >= 11 is 0. The van der Waals surface area contributed by atoms with Gasteiger partial charge in [0.1, 0.15) is 0 Å². The first-order valence-corrected chi connectivity index (χ1v) is 3.83. The van der Waals surface area contributed by atoms with Crippen molar-refractivity contribution in [2.45, 2.75) is 13.8 Å². The maximum absolute atomic E-state index is 11.2. The molecule has 0 aromatic heterocycles. The summed E-state index contributed by atoms with van der Waals surface area (Å²) in [7, 11) is 0. The van der Waals surface area contributed by atoms with E-state index in [-0.39, 0.29) is 17.7 Å². The summed E-state index contributed by atoms with van der Waals surface area (Å²) in [5, 5.41) is 10.7. The van der Waals surface area contributed by atoms with Gasteiger partial charge < -0.3 is 16.2 Å². The van der Waals surface area contributed by atoms with E-state index in [0.717, 1.165) is 0 Å². The van der Waals surface area contributed by atoms with Crippen LogP contribution < -0.4 is 11.1 Å². The van der Waals surface area contributed by atoms with Gasteiger partial charge in [-0.25, -0.2) is 4.79 Å². The number of hydrogen-bond acceptors (Lipinski definition) is 3. The average molecular weight is 200 g/mol. The molecule has 14 heavy (non-hydrogen) atoms. The van der Waals surface area contributed by atoms with E-state index in [1.54, 1.807) is 0 Å². The third kappa shape index (κ3) is 3.70. The van der Waals surface area contributed by atoms with Crippen LogP contribution in [0.2, 0.25) is 0 Å². The van der Waals surface area contributed by atoms with Crippen LogP contribution in [0.3, 0.4) is 0 Å². The fraction of sp³-hybridized carbons (Fsp3) is 0.375. The van der Waals surface area contributed by atoms with Crippen LogP contribution in [0.15, 0.2) is 11.1 Å². The maximum atomic E-state index is 11.2. The first kappa shape index (κ1) is 12.2. The van der Waals surface area contributed by atoms with Gasteiger partial charge in [-0.3, -0.25) is 9.59 Å². The van der Waals surface area contributed by atoms with Crippen molar-refractivity contribution in [2.24, 2.45) is 5.73 Å². The lowest BCUT2D eigenvalue weighted by atomic mass is 10.1. The third-order valence-corrected chi connectivity index (χ3v) is 1.65. The van der Waals surface area contributed by atoms with Crippen molar-refractivity contribution >= 4 is 17.8 Å². The molecular weight excluding hydrogens is 188 g/mol. The highest BCUT2D eigenvalue weighted by molar-refractivity contribution is 6.02. The highest BCUT2D eigenvalue weighted by atomic mass is 16.4. The summed E-state index contributed by atoms with van der Waals surface area (Å²) < 4.78 is 0. The number of amides is 2. The van der Waals surface area contributed by atoms with Crippen LogP contribution in [0.5, 0.6) is 0 Å². The summed E-state index contributed by atoms with van der Waals surface area (Å²) in [6, 6.07) is 0. The standard InChI is InChI=1S/C8H12N2O4/c1-4(5(2)8(13)14)7(12)10-3-6(9)11/h3H2,1-2H3,(H2,9,11)(H,10,12)(H,13,14). The van der Waals surface area contributed by atoms with E-state index in [4.69, 9.17) is 10.8 Å². The summed E-state index contributed by atoms with van der Waals surface area (Å²) in [4.78, 5) is 31.9. The van der Waals surface area contributed by atoms with Crippen LogP contribution in [0.4, 0.5) is 0 Å². The zero-order chi connectivity index (χ0) is 11.3. The van der Waals surface area contributed by atoms with Gasteiger partial charge in [-0.15, -0.1) is 0 Å². The number of nitrogens with one attached hydrogen (secondary N) is 1. The number of primary amides is 1. The summed E-state index contributed by atoms with van der Waals surface area (Å²) in [6.07, 6.45) is 0. The molecule has 0 aliphatic heterocycles. The monoisotopic (exact) mass is 200 g/mol. The van der Waals surface area contributed by atoms with E-state index < -0.39 is 17.8 Å². The van der Waals surface area contributed by atoms with Gasteiger partial charge in [0.15, 0.2) is 0 Å². The number of carbonyl (C=O) groups excluding carboxylic acids is 2. The Balaban J connectivity index is 4.47. The summed E-state index contributed by atoms with van der Waals surface area (Å²) in [5.41, 5.74) is 4.78. The second kappa shape index (κ2) is 5.00. The molecule has 0 aromatic carbocycles. The number of rotatable bonds is 4. The molecule has 6 nitrogen and oxygen atoms in total. The Morgan fingerprint density at radius 3 is 2.07 bits per heavy atom. The molecular formula is C8H12N2O4. The van der Waals surface area contributed by atoms with E-state index in [1.807, 2.05) is 0 Å². The Hall–Kier alpha value is -1.85. The molecule has 0 rings (SSSR count). The summed E-state index contributed by atoms with van der Waals surface area (Å²) in [6.45, 7) is 2.37. The molecule has 0 bridgehead atoms. The van der Waals surface area contributed by atoms with Crippen LogP contribution in [-0.4, -0.2) is 29.4 Å². The van der Waals surface area contributed by atoms with Crippen LogP contribution in [-0.2, 0) is 14.4 Å². The molecule has 0 saturated heterocycles. The number of hydrogen-bond donors (Lipinski definition) is 3. The molecule has 0 heterocycles. The first-order valence-electron chi connectivity index (χ1n) is 3.83. The molecule has 0 aliphatic rings. The number of carboxylic acid groups (broad SMARTS) is 1. The Kier molecular flexibility index (Phi) is 4.34. The lowest BCUT2D eigenvalue weighted by Gasteiger charge is -2.04. The van der Waals surface area contributed by atoms with Crippen LogP contribution >= 0.6 is 0 Å². The van der Waals surface area contributed by atoms with Crippen molar-refractivity contribution in [1.29, 1.82) is 0 Å². The Labute approximate surface area is 80.8 Å². The van der Waals surface area contributed by atoms with E-state index >= 15 is 0 Å². The molecule has 4 N–H and O–H groups in total. The molecule has 0 fully saturated rings. The zero-order valence-electron chi connectivity index (χ0n) is 7.96. The van der Waals surface area contributed by atoms with Crippen LogP contribution in [0.25, 0.3) is 0 Å². The topological polar surface area (TPSA) is 109 Å². The highest BCUT2D eigenvalue weighted by Crippen LogP contribution is 2.02. The molecule has 0 radical (unpaired) electrons. The third-order valence-electron chi connectivity index (χ3n) is 1.65. The number of nitrogens with two attached hydrogens (primary N) is 1. The molecule has 0 spiro atoms. The van der Waals surface area contributed by atoms with Gasteiger partial charge in [0.25, 0.3) is 0 Å². The molecule has 0 unspecified atom stereocenters. The number of carboxylic acids is 1. The lowest BCUT2D eigenvalue weighted by molar-refractivity contribution is -0.133. The molecule has 0 aliphatic carbocycles. The van der Waals surface area contributed by atoms with Gasteiger partial charge in [-0.2, -0.15) is 0 Å². The maximum Gasteiger partial charge on any atom is 0.331 e. The normalized spacial score (nSPS) is 11.6. The van der Waals surface area contributed by atoms with Gasteiger partial charge >= 0.3 is 5.97 Å². The van der Waals surface area contributed by atoms with Crippen molar-refractivity contribution < 1.29 is 19.5 Å². The zero-order valence-corrected chi connectivity index (χ0v) is 7.96. The Morgan fingerprint density at radius 2 is 1.71 bits per heavy atom. The molecule has 0 atom stereocenters. The molecule has 0 aromatic rings. The average Bonchev–Trinajstić information content (AvgIpc) is 2.11. The predicted octanol–water partition coefficient (Wildman–Crippen LogP) is -0.991. The largest absolute Gasteiger partial charge is 0.478 e. The van der Waals surface area contributed by atoms with Crippen molar-refractivity contribution in [1.82, 2.24) is 5.32 Å². The van der Waals surface area contributed by atoms with E-state index in [9.17, 15) is 14.4 Å². The summed E-state index contributed by atoms with van der Waals surface area (Å²) in [5.74, 6) is -2.46. The van der Waals surface area contributed by atoms with E-state index in [2.05, 4.69) is 5.32 Å². The minimum absolute atomic E-state index is 0.0544. The second-order valence-electron chi connectivity index (χ2n) is 2.70. The van der Waals surface area contributed by atoms with Crippen molar-refractivity contribution in [3.8, 4) is 0 Å². The fourth-order valence-electron chi connectivity index (χ4n) is 0.631. The van der Waals surface area contributed by atoms with Crippen LogP contribution in [0.1, 0.15) is 13.8 Å². The lowest BCUT2D eigenvalue weighted by Crippen LogP contribution is -2.34. The van der Waals surface area contributed by atoms with Crippen molar-refractivity contribution in [3.63, 3.8) is 0 Å². The number of carbonyl (C=O) groups is 3. The Morgan fingerprint density at radius 1 is 1.21 bits per heavy atom. The van der Waals surface area contributed by atoms with Gasteiger partial charge in [0, 0.05) is 11.1 Å². The van der Waals surface area contributed by atoms with E-state index in [0.29, 0.717) is 0 Å².